The first-order valence-corrected chi connectivity index (χ1v) is 5.20. The summed E-state index contributed by atoms with van der Waals surface area (Å²) in [6, 6.07) is -0.694. The molecule has 6 nitrogen and oxygen atoms in total. The third kappa shape index (κ3) is 3.14. The number of nitrogens with zero attached hydrogens (tertiary/aromatic N) is 1. The van der Waals surface area contributed by atoms with Crippen LogP contribution in [0, 0.1) is 0 Å². The molecule has 1 saturated heterocycles. The van der Waals surface area contributed by atoms with Crippen LogP contribution in [0.3, 0.4) is 0 Å². The van der Waals surface area contributed by atoms with Gasteiger partial charge in [0.05, 0.1) is 31.7 Å². The van der Waals surface area contributed by atoms with Gasteiger partial charge < -0.3 is 20.1 Å². The zero-order valence-electron chi connectivity index (χ0n) is 8.97. The maximum Gasteiger partial charge on any atom is 0.331 e. The third-order valence-corrected chi connectivity index (χ3v) is 2.39. The van der Waals surface area contributed by atoms with E-state index in [0.717, 1.165) is 0 Å². The number of nitrogens with two attached hydrogens (primary N) is 1. The molecule has 0 bridgehead atoms. The Hall–Kier alpha value is -1.21. The van der Waals surface area contributed by atoms with E-state index in [1.165, 1.54) is 12.0 Å². The van der Waals surface area contributed by atoms with E-state index in [2.05, 4.69) is 17.0 Å². The Morgan fingerprint density at radius 1 is 1.62 bits per heavy atom. The summed E-state index contributed by atoms with van der Waals surface area (Å²) in [4.78, 5) is 24.7. The zero-order chi connectivity index (χ0) is 12.1. The van der Waals surface area contributed by atoms with Crippen molar-refractivity contribution < 1.29 is 19.1 Å². The maximum atomic E-state index is 11.7. The normalized spacial score (nSPS) is 20.3. The van der Waals surface area contributed by atoms with Gasteiger partial charge in [0.1, 0.15) is 0 Å². The van der Waals surface area contributed by atoms with E-state index < -0.39 is 12.0 Å². The second-order valence-corrected chi connectivity index (χ2v) is 3.87. The van der Waals surface area contributed by atoms with Crippen LogP contribution in [0.4, 0.5) is 0 Å². The smallest absolute Gasteiger partial charge is 0.331 e. The van der Waals surface area contributed by atoms with E-state index in [1.807, 2.05) is 0 Å². The topological polar surface area (TPSA) is 81.9 Å². The van der Waals surface area contributed by atoms with Crippen LogP contribution in [0.15, 0.2) is 0 Å². The average molecular weight is 246 g/mol. The van der Waals surface area contributed by atoms with E-state index in [1.54, 1.807) is 0 Å². The number of carbonyl (C=O) groups excluding carboxylic acids is 2. The standard InChI is InChI=1S/C9H14N2O4S/c1-14-9(13)6-5-15-3-2-11(6)8(12)4-7(10)16/h6H,2-5H2,1H3,(H2,10,16). The van der Waals surface area contributed by atoms with Gasteiger partial charge in [-0.05, 0) is 0 Å². The lowest BCUT2D eigenvalue weighted by Crippen LogP contribution is -2.53. The molecule has 7 heteroatoms. The number of methoxy groups -OCH3 is 1. The molecule has 1 heterocycles. The minimum absolute atomic E-state index is 0.0389. The lowest BCUT2D eigenvalue weighted by Gasteiger charge is -2.33. The minimum atomic E-state index is -0.694. The number of rotatable bonds is 3. The molecule has 1 atom stereocenters. The van der Waals surface area contributed by atoms with Crippen LogP contribution in [0.2, 0.25) is 0 Å². The molecule has 0 saturated carbocycles. The molecule has 0 aromatic heterocycles. The van der Waals surface area contributed by atoms with Crippen molar-refractivity contribution in [2.24, 2.45) is 5.73 Å². The molecule has 90 valence electrons. The number of hydrogen-bond donors (Lipinski definition) is 1. The lowest BCUT2D eigenvalue weighted by atomic mass is 10.2. The van der Waals surface area contributed by atoms with Gasteiger partial charge in [-0.1, -0.05) is 12.2 Å². The summed E-state index contributed by atoms with van der Waals surface area (Å²) in [7, 11) is 1.27. The van der Waals surface area contributed by atoms with Crippen LogP contribution >= 0.6 is 12.2 Å². The van der Waals surface area contributed by atoms with Crippen LogP contribution in [0.25, 0.3) is 0 Å². The number of ether oxygens (including phenoxy) is 2. The molecule has 0 radical (unpaired) electrons. The summed E-state index contributed by atoms with van der Waals surface area (Å²) in [6.45, 7) is 0.896. The predicted molar refractivity (Wildman–Crippen MR) is 59.7 cm³/mol. The van der Waals surface area contributed by atoms with Crippen LogP contribution in [-0.2, 0) is 19.1 Å². The molecule has 16 heavy (non-hydrogen) atoms. The third-order valence-electron chi connectivity index (χ3n) is 2.25. The monoisotopic (exact) mass is 246 g/mol. The summed E-state index contributed by atoms with van der Waals surface area (Å²) in [6.07, 6.45) is -0.0389. The second kappa shape index (κ2) is 5.76. The van der Waals surface area contributed by atoms with Gasteiger partial charge in [-0.3, -0.25) is 4.79 Å². The molecule has 0 aliphatic carbocycles. The van der Waals surface area contributed by atoms with Crippen molar-refractivity contribution in [3.63, 3.8) is 0 Å². The Morgan fingerprint density at radius 2 is 2.31 bits per heavy atom. The van der Waals surface area contributed by atoms with E-state index in [0.29, 0.717) is 13.2 Å². The molecule has 1 unspecified atom stereocenters. The largest absolute Gasteiger partial charge is 0.467 e. The lowest BCUT2D eigenvalue weighted by molar-refractivity contribution is -0.160. The van der Waals surface area contributed by atoms with E-state index in [4.69, 9.17) is 10.5 Å². The zero-order valence-corrected chi connectivity index (χ0v) is 9.79. The van der Waals surface area contributed by atoms with Crippen molar-refractivity contribution in [1.29, 1.82) is 0 Å². The summed E-state index contributed by atoms with van der Waals surface area (Å²) in [5, 5.41) is 0. The SMILES string of the molecule is COC(=O)C1COCCN1C(=O)CC(N)=S. The van der Waals surface area contributed by atoms with Crippen LogP contribution in [0.5, 0.6) is 0 Å². The molecule has 0 aromatic rings. The van der Waals surface area contributed by atoms with Crippen molar-refractivity contribution in [3.05, 3.63) is 0 Å². The highest BCUT2D eigenvalue weighted by molar-refractivity contribution is 7.80. The highest BCUT2D eigenvalue weighted by Gasteiger charge is 2.33. The fraction of sp³-hybridized carbons (Fsp3) is 0.667. The maximum absolute atomic E-state index is 11.7. The first kappa shape index (κ1) is 12.9. The summed E-state index contributed by atoms with van der Waals surface area (Å²) < 4.78 is 9.73. The molecule has 0 spiro atoms. The van der Waals surface area contributed by atoms with E-state index in [9.17, 15) is 9.59 Å². The molecule has 1 amide bonds. The average Bonchev–Trinajstić information content (AvgIpc) is 2.27. The predicted octanol–water partition coefficient (Wildman–Crippen LogP) is -0.937. The fourth-order valence-corrected chi connectivity index (χ4v) is 1.61. The number of hydrogen-bond acceptors (Lipinski definition) is 5. The summed E-state index contributed by atoms with van der Waals surface area (Å²) >= 11 is 4.66. The van der Waals surface area contributed by atoms with Crippen molar-refractivity contribution >= 4 is 29.1 Å². The van der Waals surface area contributed by atoms with Crippen LogP contribution in [-0.4, -0.2) is 54.7 Å². The molecule has 0 aromatic carbocycles. The number of thiocarbonyl (C=S) groups is 1. The first-order chi connectivity index (χ1) is 7.56. The quantitative estimate of drug-likeness (QED) is 0.511. The van der Waals surface area contributed by atoms with Crippen molar-refractivity contribution in [1.82, 2.24) is 4.90 Å². The molecule has 2 N–H and O–H groups in total. The fourth-order valence-electron chi connectivity index (χ4n) is 1.48. The van der Waals surface area contributed by atoms with Crippen molar-refractivity contribution in [2.75, 3.05) is 26.9 Å². The molecule has 1 fully saturated rings. The number of morpholine rings is 1. The first-order valence-electron chi connectivity index (χ1n) is 4.79. The van der Waals surface area contributed by atoms with Crippen LogP contribution in [0.1, 0.15) is 6.42 Å². The number of amides is 1. The van der Waals surface area contributed by atoms with Gasteiger partial charge in [-0.2, -0.15) is 0 Å². The molecule has 1 aliphatic heterocycles. The summed E-state index contributed by atoms with van der Waals surface area (Å²) in [5.41, 5.74) is 5.29. The van der Waals surface area contributed by atoms with Gasteiger partial charge >= 0.3 is 5.97 Å². The Balaban J connectivity index is 2.69. The highest BCUT2D eigenvalue weighted by atomic mass is 32.1. The Kier molecular flexibility index (Phi) is 4.63. The Bertz CT molecular complexity index is 308. The number of carbonyl (C=O) groups is 2. The van der Waals surface area contributed by atoms with Gasteiger partial charge in [0.25, 0.3) is 0 Å². The van der Waals surface area contributed by atoms with Crippen LogP contribution < -0.4 is 5.73 Å². The molecular formula is C9H14N2O4S. The highest BCUT2D eigenvalue weighted by Crippen LogP contribution is 2.10. The Morgan fingerprint density at radius 3 is 2.88 bits per heavy atom. The van der Waals surface area contributed by atoms with Gasteiger partial charge in [0.15, 0.2) is 6.04 Å². The van der Waals surface area contributed by atoms with Gasteiger partial charge in [-0.25, -0.2) is 4.79 Å². The van der Waals surface area contributed by atoms with Gasteiger partial charge in [0, 0.05) is 6.54 Å². The van der Waals surface area contributed by atoms with E-state index in [-0.39, 0.29) is 23.9 Å². The molecular weight excluding hydrogens is 232 g/mol. The van der Waals surface area contributed by atoms with Gasteiger partial charge in [-0.15, -0.1) is 0 Å². The summed E-state index contributed by atoms with van der Waals surface area (Å²) in [5.74, 6) is -0.762. The van der Waals surface area contributed by atoms with Crippen molar-refractivity contribution in [3.8, 4) is 0 Å². The molecule has 1 aliphatic rings. The van der Waals surface area contributed by atoms with Gasteiger partial charge in [0.2, 0.25) is 5.91 Å². The minimum Gasteiger partial charge on any atom is -0.467 e. The Labute approximate surface area is 98.7 Å². The molecule has 1 rings (SSSR count). The second-order valence-electron chi connectivity index (χ2n) is 3.34. The van der Waals surface area contributed by atoms with E-state index >= 15 is 0 Å². The van der Waals surface area contributed by atoms with Crippen molar-refractivity contribution in [2.45, 2.75) is 12.5 Å². The number of esters is 1.